The second-order valence-corrected chi connectivity index (χ2v) is 5.40. The quantitative estimate of drug-likeness (QED) is 0.804. The monoisotopic (exact) mass is 269 g/mol. The zero-order valence-corrected chi connectivity index (χ0v) is 11.9. The largest absolute Gasteiger partial charge is 0.338 e. The highest BCUT2D eigenvalue weighted by atomic mass is 16.1. The molecule has 2 aromatic rings. The van der Waals surface area contributed by atoms with Gasteiger partial charge in [-0.3, -0.25) is 4.79 Å². The zero-order valence-electron chi connectivity index (χ0n) is 11.9. The van der Waals surface area contributed by atoms with Gasteiger partial charge < -0.3 is 9.47 Å². The lowest BCUT2D eigenvalue weighted by Gasteiger charge is -2.20. The maximum absolute atomic E-state index is 11.0. The van der Waals surface area contributed by atoms with E-state index in [1.807, 2.05) is 17.2 Å². The first-order valence-electron chi connectivity index (χ1n) is 7.03. The van der Waals surface area contributed by atoms with Crippen molar-refractivity contribution in [2.75, 3.05) is 6.54 Å². The van der Waals surface area contributed by atoms with Crippen molar-refractivity contribution in [1.82, 2.24) is 14.5 Å². The molecule has 1 aliphatic rings. The number of hydrogen-bond acceptors (Lipinski definition) is 2. The second kappa shape index (κ2) is 5.12. The van der Waals surface area contributed by atoms with Crippen LogP contribution in [0.3, 0.4) is 0 Å². The molecule has 3 heterocycles. The molecule has 1 amide bonds. The van der Waals surface area contributed by atoms with E-state index >= 15 is 0 Å². The summed E-state index contributed by atoms with van der Waals surface area (Å²) >= 11 is 0. The van der Waals surface area contributed by atoms with Gasteiger partial charge in [0.25, 0.3) is 0 Å². The minimum Gasteiger partial charge on any atom is -0.338 e. The number of hydrogen-bond donors (Lipinski definition) is 0. The second-order valence-electron chi connectivity index (χ2n) is 5.40. The molecule has 0 spiro atoms. The number of rotatable bonds is 3. The predicted molar refractivity (Wildman–Crippen MR) is 77.8 cm³/mol. The molecule has 0 aliphatic carbocycles. The number of carbonyl (C=O) groups excluding carboxylic acids is 1. The van der Waals surface area contributed by atoms with Gasteiger partial charge in [-0.15, -0.1) is 0 Å². The van der Waals surface area contributed by atoms with Crippen LogP contribution in [0.4, 0.5) is 0 Å². The molecule has 0 radical (unpaired) electrons. The van der Waals surface area contributed by atoms with Crippen LogP contribution in [0.15, 0.2) is 30.5 Å². The molecule has 4 heteroatoms. The van der Waals surface area contributed by atoms with E-state index < -0.39 is 0 Å². The van der Waals surface area contributed by atoms with Crippen molar-refractivity contribution in [3.8, 4) is 5.82 Å². The Morgan fingerprint density at radius 1 is 1.20 bits per heavy atom. The minimum atomic E-state index is 0.195. The van der Waals surface area contributed by atoms with Crippen LogP contribution in [-0.4, -0.2) is 27.4 Å². The van der Waals surface area contributed by atoms with Gasteiger partial charge in [0.2, 0.25) is 6.41 Å². The third-order valence-electron chi connectivity index (χ3n) is 4.09. The first kappa shape index (κ1) is 12.9. The summed E-state index contributed by atoms with van der Waals surface area (Å²) in [5, 5.41) is 0. The first-order valence-corrected chi connectivity index (χ1v) is 7.03. The van der Waals surface area contributed by atoms with Gasteiger partial charge in [0.15, 0.2) is 0 Å². The van der Waals surface area contributed by atoms with Gasteiger partial charge in [-0.25, -0.2) is 4.98 Å². The molecule has 1 atom stereocenters. The summed E-state index contributed by atoms with van der Waals surface area (Å²) in [6, 6.07) is 8.51. The Labute approximate surface area is 119 Å². The lowest BCUT2D eigenvalue weighted by molar-refractivity contribution is -0.118. The highest BCUT2D eigenvalue weighted by Gasteiger charge is 2.24. The predicted octanol–water partition coefficient (Wildman–Crippen LogP) is 2.78. The summed E-state index contributed by atoms with van der Waals surface area (Å²) in [4.78, 5) is 17.5. The van der Waals surface area contributed by atoms with Crippen molar-refractivity contribution < 1.29 is 4.79 Å². The average molecular weight is 269 g/mol. The molecule has 1 unspecified atom stereocenters. The normalized spacial score (nSPS) is 18.5. The summed E-state index contributed by atoms with van der Waals surface area (Å²) in [6.45, 7) is 5.01. The first-order chi connectivity index (χ1) is 9.70. The molecule has 4 nitrogen and oxygen atoms in total. The average Bonchev–Trinajstić information content (AvgIpc) is 3.06. The number of nitrogens with zero attached hydrogens (tertiary/aromatic N) is 3. The van der Waals surface area contributed by atoms with Crippen LogP contribution in [0.25, 0.3) is 5.82 Å². The smallest absolute Gasteiger partial charge is 0.210 e. The number of aromatic nitrogens is 2. The fourth-order valence-corrected chi connectivity index (χ4v) is 3.03. The van der Waals surface area contributed by atoms with Crippen molar-refractivity contribution in [2.24, 2.45) is 0 Å². The van der Waals surface area contributed by atoms with Gasteiger partial charge in [-0.2, -0.15) is 0 Å². The molecule has 1 saturated heterocycles. The molecular formula is C16H19N3O. The third kappa shape index (κ3) is 2.11. The lowest BCUT2D eigenvalue weighted by Crippen LogP contribution is -2.21. The van der Waals surface area contributed by atoms with Crippen LogP contribution in [0.1, 0.15) is 35.8 Å². The van der Waals surface area contributed by atoms with E-state index in [1.54, 1.807) is 0 Å². The number of carbonyl (C=O) groups is 1. The molecular weight excluding hydrogens is 250 g/mol. The van der Waals surface area contributed by atoms with Crippen molar-refractivity contribution >= 4 is 6.41 Å². The summed E-state index contributed by atoms with van der Waals surface area (Å²) in [7, 11) is 0. The van der Waals surface area contributed by atoms with Gasteiger partial charge in [0.1, 0.15) is 5.82 Å². The SMILES string of the molecule is Cc1ccc(C)n1-c1ccc(C2CCCN2C=O)cn1. The van der Waals surface area contributed by atoms with Crippen molar-refractivity contribution in [3.05, 3.63) is 47.4 Å². The lowest BCUT2D eigenvalue weighted by atomic mass is 10.1. The van der Waals surface area contributed by atoms with E-state index in [1.165, 1.54) is 11.4 Å². The van der Waals surface area contributed by atoms with Gasteiger partial charge in [0, 0.05) is 24.1 Å². The van der Waals surface area contributed by atoms with E-state index in [0.717, 1.165) is 37.2 Å². The summed E-state index contributed by atoms with van der Waals surface area (Å²) in [5.41, 5.74) is 3.48. The van der Waals surface area contributed by atoms with Crippen molar-refractivity contribution in [3.63, 3.8) is 0 Å². The van der Waals surface area contributed by atoms with Crippen LogP contribution >= 0.6 is 0 Å². The van der Waals surface area contributed by atoms with Crippen LogP contribution in [-0.2, 0) is 4.79 Å². The molecule has 0 aromatic carbocycles. The van der Waals surface area contributed by atoms with Gasteiger partial charge in [0.05, 0.1) is 6.04 Å². The maximum Gasteiger partial charge on any atom is 0.210 e. The highest BCUT2D eigenvalue weighted by Crippen LogP contribution is 2.30. The molecule has 0 saturated carbocycles. The molecule has 2 aromatic heterocycles. The Balaban J connectivity index is 1.90. The Hall–Kier alpha value is -2.10. The zero-order chi connectivity index (χ0) is 14.1. The standard InChI is InChI=1S/C16H19N3O/c1-12-5-6-13(2)19(12)16-8-7-14(10-17-16)15-4-3-9-18(15)11-20/h5-8,10-11,15H,3-4,9H2,1-2H3. The molecule has 3 rings (SSSR count). The summed E-state index contributed by atoms with van der Waals surface area (Å²) in [5.74, 6) is 0.935. The Kier molecular flexibility index (Phi) is 3.30. The Morgan fingerprint density at radius 3 is 2.55 bits per heavy atom. The topological polar surface area (TPSA) is 38.1 Å². The summed E-state index contributed by atoms with van der Waals surface area (Å²) < 4.78 is 2.13. The van der Waals surface area contributed by atoms with Crippen molar-refractivity contribution in [2.45, 2.75) is 32.7 Å². The molecule has 104 valence electrons. The van der Waals surface area contributed by atoms with Crippen LogP contribution in [0, 0.1) is 13.8 Å². The van der Waals surface area contributed by atoms with E-state index in [2.05, 4.69) is 41.6 Å². The summed E-state index contributed by atoms with van der Waals surface area (Å²) in [6.07, 6.45) is 4.95. The number of pyridine rings is 1. The van der Waals surface area contributed by atoms with E-state index in [9.17, 15) is 4.79 Å². The van der Waals surface area contributed by atoms with E-state index in [4.69, 9.17) is 0 Å². The van der Waals surface area contributed by atoms with Crippen molar-refractivity contribution in [1.29, 1.82) is 0 Å². The van der Waals surface area contributed by atoms with Gasteiger partial charge in [-0.1, -0.05) is 6.07 Å². The molecule has 0 N–H and O–H groups in total. The maximum atomic E-state index is 11.0. The highest BCUT2D eigenvalue weighted by molar-refractivity contribution is 5.49. The molecule has 1 aliphatic heterocycles. The number of amides is 1. The van der Waals surface area contributed by atoms with Crippen LogP contribution < -0.4 is 0 Å². The molecule has 1 fully saturated rings. The van der Waals surface area contributed by atoms with Gasteiger partial charge >= 0.3 is 0 Å². The van der Waals surface area contributed by atoms with Crippen LogP contribution in [0.2, 0.25) is 0 Å². The number of aryl methyl sites for hydroxylation is 2. The Bertz CT molecular complexity index is 596. The fourth-order valence-electron chi connectivity index (χ4n) is 3.03. The van der Waals surface area contributed by atoms with E-state index in [-0.39, 0.29) is 6.04 Å². The number of likely N-dealkylation sites (tertiary alicyclic amines) is 1. The third-order valence-corrected chi connectivity index (χ3v) is 4.09. The van der Waals surface area contributed by atoms with Crippen LogP contribution in [0.5, 0.6) is 0 Å². The van der Waals surface area contributed by atoms with E-state index in [0.29, 0.717) is 0 Å². The molecule has 20 heavy (non-hydrogen) atoms. The minimum absolute atomic E-state index is 0.195. The van der Waals surface area contributed by atoms with Gasteiger partial charge in [-0.05, 0) is 50.5 Å². The fraction of sp³-hybridized carbons (Fsp3) is 0.375. The Morgan fingerprint density at radius 2 is 1.95 bits per heavy atom. The molecule has 0 bridgehead atoms.